The predicted octanol–water partition coefficient (Wildman–Crippen LogP) is 4.60. The first kappa shape index (κ1) is 23.0. The van der Waals surface area contributed by atoms with E-state index in [-0.39, 0.29) is 23.9 Å². The second kappa shape index (κ2) is 11.7. The molecule has 0 aliphatic rings. The molecule has 0 aliphatic heterocycles. The Kier molecular flexibility index (Phi) is 8.97. The molecule has 0 aliphatic carbocycles. The van der Waals surface area contributed by atoms with Crippen LogP contribution in [0, 0.1) is 0 Å². The minimum absolute atomic E-state index is 0.00438. The maximum Gasteiger partial charge on any atom is 0.337 e. The summed E-state index contributed by atoms with van der Waals surface area (Å²) in [6.07, 6.45) is 0.584. The summed E-state index contributed by atoms with van der Waals surface area (Å²) in [6.45, 7) is 0. The molecular weight excluding hydrogens is 400 g/mol. The van der Waals surface area contributed by atoms with Gasteiger partial charge in [-0.15, -0.1) is 0 Å². The molecule has 6 heteroatoms. The number of carbonyl (C=O) groups is 2. The quantitative estimate of drug-likeness (QED) is 0.409. The number of ether oxygens (including phenoxy) is 1. The van der Waals surface area contributed by atoms with Gasteiger partial charge in [0, 0.05) is 12.0 Å². The van der Waals surface area contributed by atoms with Gasteiger partial charge < -0.3 is 4.74 Å². The Balaban J connectivity index is 0.000000269. The van der Waals surface area contributed by atoms with Crippen molar-refractivity contribution in [1.29, 1.82) is 0 Å². The lowest BCUT2D eigenvalue weighted by Crippen LogP contribution is -2.09. The SMILES string of the molecule is COC(=O)c1ccccc1.O=C(CCCS(=O)(=O)c1ccccc1)c1ccccc1. The Hall–Kier alpha value is -3.25. The predicted molar refractivity (Wildman–Crippen MR) is 116 cm³/mol. The van der Waals surface area contributed by atoms with Gasteiger partial charge in [-0.3, -0.25) is 4.79 Å². The van der Waals surface area contributed by atoms with Gasteiger partial charge in [-0.2, -0.15) is 0 Å². The molecule has 30 heavy (non-hydrogen) atoms. The Morgan fingerprint density at radius 2 is 1.20 bits per heavy atom. The van der Waals surface area contributed by atoms with Crippen LogP contribution in [0.1, 0.15) is 33.6 Å². The molecule has 0 radical (unpaired) electrons. The maximum absolute atomic E-state index is 12.0. The second-order valence-electron chi connectivity index (χ2n) is 6.38. The van der Waals surface area contributed by atoms with Crippen LogP contribution in [-0.2, 0) is 14.6 Å². The molecule has 0 aromatic heterocycles. The van der Waals surface area contributed by atoms with Gasteiger partial charge in [0.15, 0.2) is 15.6 Å². The van der Waals surface area contributed by atoms with Crippen molar-refractivity contribution in [3.8, 4) is 0 Å². The topological polar surface area (TPSA) is 77.5 Å². The lowest BCUT2D eigenvalue weighted by atomic mass is 10.1. The molecule has 0 atom stereocenters. The zero-order chi connectivity index (χ0) is 21.8. The van der Waals surface area contributed by atoms with Crippen molar-refractivity contribution in [2.75, 3.05) is 12.9 Å². The van der Waals surface area contributed by atoms with Crippen molar-refractivity contribution >= 4 is 21.6 Å². The highest BCUT2D eigenvalue weighted by Gasteiger charge is 2.14. The van der Waals surface area contributed by atoms with Crippen molar-refractivity contribution in [2.45, 2.75) is 17.7 Å². The minimum Gasteiger partial charge on any atom is -0.465 e. The minimum atomic E-state index is -3.29. The third-order valence-electron chi connectivity index (χ3n) is 4.21. The number of Topliss-reactive ketones (excluding diaryl/α,β-unsaturated/α-hetero) is 1. The molecule has 0 N–H and O–H groups in total. The standard InChI is InChI=1S/C16H16O3S.C8H8O2/c17-16(14-8-3-1-4-9-14)12-7-13-20(18,19)15-10-5-2-6-11-15;1-10-8(9)7-5-3-2-4-6-7/h1-6,8-11H,7,12-13H2;2-6H,1H3. The fraction of sp³-hybridized carbons (Fsp3) is 0.167. The Morgan fingerprint density at radius 3 is 1.70 bits per heavy atom. The first-order valence-electron chi connectivity index (χ1n) is 9.43. The molecule has 0 heterocycles. The third-order valence-corrected chi connectivity index (χ3v) is 6.03. The third kappa shape index (κ3) is 7.29. The summed E-state index contributed by atoms with van der Waals surface area (Å²) in [4.78, 5) is 23.0. The molecule has 3 aromatic rings. The highest BCUT2D eigenvalue weighted by atomic mass is 32.2. The Bertz CT molecular complexity index is 1030. The number of rotatable bonds is 7. The molecule has 0 unspecified atom stereocenters. The van der Waals surface area contributed by atoms with Crippen molar-refractivity contribution in [3.05, 3.63) is 102 Å². The van der Waals surface area contributed by atoms with Crippen LogP contribution in [0.25, 0.3) is 0 Å². The molecule has 3 rings (SSSR count). The van der Waals surface area contributed by atoms with E-state index in [2.05, 4.69) is 4.74 Å². The lowest BCUT2D eigenvalue weighted by molar-refractivity contribution is 0.0600. The molecule has 0 saturated carbocycles. The fourth-order valence-corrected chi connectivity index (χ4v) is 3.96. The molecule has 5 nitrogen and oxygen atoms in total. The fourth-order valence-electron chi connectivity index (χ4n) is 2.63. The molecule has 0 fully saturated rings. The van der Waals surface area contributed by atoms with Crippen LogP contribution in [-0.4, -0.2) is 33.0 Å². The molecule has 0 amide bonds. The monoisotopic (exact) mass is 424 g/mol. The van der Waals surface area contributed by atoms with Crippen molar-refractivity contribution in [3.63, 3.8) is 0 Å². The average molecular weight is 425 g/mol. The van der Waals surface area contributed by atoms with Gasteiger partial charge in [0.25, 0.3) is 0 Å². The normalized spacial score (nSPS) is 10.4. The van der Waals surface area contributed by atoms with E-state index >= 15 is 0 Å². The van der Waals surface area contributed by atoms with Crippen LogP contribution in [0.4, 0.5) is 0 Å². The number of methoxy groups -OCH3 is 1. The van der Waals surface area contributed by atoms with Crippen LogP contribution in [0.3, 0.4) is 0 Å². The summed E-state index contributed by atoms with van der Waals surface area (Å²) in [7, 11) is -1.92. The number of benzene rings is 3. The first-order valence-corrected chi connectivity index (χ1v) is 11.1. The zero-order valence-electron chi connectivity index (χ0n) is 16.7. The van der Waals surface area contributed by atoms with E-state index in [0.29, 0.717) is 22.4 Å². The van der Waals surface area contributed by atoms with Gasteiger partial charge in [0.1, 0.15) is 0 Å². The Morgan fingerprint density at radius 1 is 0.733 bits per heavy atom. The number of hydrogen-bond acceptors (Lipinski definition) is 5. The smallest absolute Gasteiger partial charge is 0.337 e. The van der Waals surface area contributed by atoms with Crippen molar-refractivity contribution < 1.29 is 22.7 Å². The maximum atomic E-state index is 12.0. The second-order valence-corrected chi connectivity index (χ2v) is 8.49. The average Bonchev–Trinajstić information content (AvgIpc) is 2.80. The van der Waals surface area contributed by atoms with E-state index in [0.717, 1.165) is 0 Å². The molecule has 0 spiro atoms. The van der Waals surface area contributed by atoms with Crippen LogP contribution in [0.2, 0.25) is 0 Å². The van der Waals surface area contributed by atoms with Gasteiger partial charge in [-0.05, 0) is 30.7 Å². The van der Waals surface area contributed by atoms with E-state index in [1.165, 1.54) is 7.11 Å². The molecular formula is C24H24O5S. The van der Waals surface area contributed by atoms with E-state index in [1.807, 2.05) is 12.1 Å². The number of ketones is 1. The highest BCUT2D eigenvalue weighted by Crippen LogP contribution is 2.13. The van der Waals surface area contributed by atoms with Crippen molar-refractivity contribution in [1.82, 2.24) is 0 Å². The van der Waals surface area contributed by atoms with Gasteiger partial charge in [-0.25, -0.2) is 13.2 Å². The van der Waals surface area contributed by atoms with Gasteiger partial charge in [-0.1, -0.05) is 66.7 Å². The largest absolute Gasteiger partial charge is 0.465 e. The van der Waals surface area contributed by atoms with E-state index in [1.54, 1.807) is 78.9 Å². The van der Waals surface area contributed by atoms with Gasteiger partial charge in [0.2, 0.25) is 0 Å². The molecule has 0 bridgehead atoms. The zero-order valence-corrected chi connectivity index (χ0v) is 17.5. The summed E-state index contributed by atoms with van der Waals surface area (Å²) >= 11 is 0. The van der Waals surface area contributed by atoms with Crippen LogP contribution in [0.15, 0.2) is 95.9 Å². The molecule has 0 saturated heterocycles. The summed E-state index contributed by atoms with van der Waals surface area (Å²) in [6, 6.07) is 26.1. The van der Waals surface area contributed by atoms with E-state index in [9.17, 15) is 18.0 Å². The van der Waals surface area contributed by atoms with Gasteiger partial charge >= 0.3 is 5.97 Å². The van der Waals surface area contributed by atoms with E-state index in [4.69, 9.17) is 0 Å². The molecule has 3 aromatic carbocycles. The van der Waals surface area contributed by atoms with Crippen LogP contribution < -0.4 is 0 Å². The number of sulfone groups is 1. The highest BCUT2D eigenvalue weighted by molar-refractivity contribution is 7.91. The van der Waals surface area contributed by atoms with Crippen molar-refractivity contribution in [2.24, 2.45) is 0 Å². The van der Waals surface area contributed by atoms with Crippen LogP contribution >= 0.6 is 0 Å². The van der Waals surface area contributed by atoms with Crippen LogP contribution in [0.5, 0.6) is 0 Å². The summed E-state index contributed by atoms with van der Waals surface area (Å²) in [5.74, 6) is -0.315. The summed E-state index contributed by atoms with van der Waals surface area (Å²) < 4.78 is 28.6. The molecule has 156 valence electrons. The number of carbonyl (C=O) groups excluding carboxylic acids is 2. The first-order chi connectivity index (χ1) is 14.4. The Labute approximate surface area is 177 Å². The van der Waals surface area contributed by atoms with Gasteiger partial charge in [0.05, 0.1) is 23.3 Å². The lowest BCUT2D eigenvalue weighted by Gasteiger charge is -2.04. The number of hydrogen-bond donors (Lipinski definition) is 0. The van der Waals surface area contributed by atoms with E-state index < -0.39 is 9.84 Å². The summed E-state index contributed by atoms with van der Waals surface area (Å²) in [5, 5.41) is 0. The summed E-state index contributed by atoms with van der Waals surface area (Å²) in [5.41, 5.74) is 1.22. The number of esters is 1.